The van der Waals surface area contributed by atoms with E-state index < -0.39 is 0 Å². The Morgan fingerprint density at radius 1 is 1.29 bits per heavy atom. The van der Waals surface area contributed by atoms with Crippen molar-refractivity contribution in [2.75, 3.05) is 18.8 Å². The van der Waals surface area contributed by atoms with Gasteiger partial charge in [-0.3, -0.25) is 9.78 Å². The third-order valence-electron chi connectivity index (χ3n) is 4.47. The highest BCUT2D eigenvalue weighted by Crippen LogP contribution is 2.29. The van der Waals surface area contributed by atoms with Gasteiger partial charge in [-0.2, -0.15) is 0 Å². The van der Waals surface area contributed by atoms with Gasteiger partial charge in [0.15, 0.2) is 0 Å². The van der Waals surface area contributed by atoms with Crippen LogP contribution in [-0.2, 0) is 4.79 Å². The lowest BCUT2D eigenvalue weighted by molar-refractivity contribution is -0.132. The molecule has 3 heterocycles. The van der Waals surface area contributed by atoms with Gasteiger partial charge in [-0.15, -0.1) is 0 Å². The molecular formula is C18H23N5O. The van der Waals surface area contributed by atoms with E-state index >= 15 is 0 Å². The summed E-state index contributed by atoms with van der Waals surface area (Å²) in [5, 5.41) is 0. The standard InChI is InChI=1S/C18H23N5O/c1-3-17(24)23-6-4-5-13(11-23)16-8-14(7-12(2)22-16)15-9-20-18(19)21-10-15/h7-10,13H,3-6,11H2,1-2H3,(H2,19,20,21). The van der Waals surface area contributed by atoms with Crippen molar-refractivity contribution in [3.05, 3.63) is 35.9 Å². The van der Waals surface area contributed by atoms with Gasteiger partial charge in [0.05, 0.1) is 0 Å². The van der Waals surface area contributed by atoms with Crippen molar-refractivity contribution in [1.82, 2.24) is 19.9 Å². The summed E-state index contributed by atoms with van der Waals surface area (Å²) in [6, 6.07) is 4.11. The Morgan fingerprint density at radius 2 is 2.04 bits per heavy atom. The Morgan fingerprint density at radius 3 is 2.75 bits per heavy atom. The second-order valence-corrected chi connectivity index (χ2v) is 6.28. The molecule has 0 spiro atoms. The molecule has 0 radical (unpaired) electrons. The molecule has 1 amide bonds. The molecule has 0 saturated carbocycles. The van der Waals surface area contributed by atoms with Gasteiger partial charge in [-0.1, -0.05) is 6.92 Å². The van der Waals surface area contributed by atoms with Gasteiger partial charge >= 0.3 is 0 Å². The molecule has 1 aliphatic heterocycles. The molecule has 6 nitrogen and oxygen atoms in total. The highest BCUT2D eigenvalue weighted by molar-refractivity contribution is 5.76. The summed E-state index contributed by atoms with van der Waals surface area (Å²) >= 11 is 0. The summed E-state index contributed by atoms with van der Waals surface area (Å²) < 4.78 is 0. The third kappa shape index (κ3) is 3.53. The normalized spacial score (nSPS) is 17.8. The molecule has 1 fully saturated rings. The number of hydrogen-bond donors (Lipinski definition) is 1. The Bertz CT molecular complexity index is 729. The molecule has 126 valence electrons. The predicted molar refractivity (Wildman–Crippen MR) is 93.3 cm³/mol. The van der Waals surface area contributed by atoms with Gasteiger partial charge in [0, 0.05) is 54.8 Å². The van der Waals surface area contributed by atoms with Crippen LogP contribution in [0.15, 0.2) is 24.5 Å². The number of carbonyl (C=O) groups is 1. The molecule has 1 aliphatic rings. The van der Waals surface area contributed by atoms with Crippen molar-refractivity contribution >= 4 is 11.9 Å². The van der Waals surface area contributed by atoms with Crippen molar-refractivity contribution in [3.8, 4) is 11.1 Å². The SMILES string of the molecule is CCC(=O)N1CCCC(c2cc(-c3cnc(N)nc3)cc(C)n2)C1. The number of amides is 1. The van der Waals surface area contributed by atoms with E-state index in [0.29, 0.717) is 6.42 Å². The lowest BCUT2D eigenvalue weighted by atomic mass is 9.92. The largest absolute Gasteiger partial charge is 0.368 e. The zero-order chi connectivity index (χ0) is 17.1. The number of nitrogens with two attached hydrogens (primary N) is 1. The van der Waals surface area contributed by atoms with Gasteiger partial charge < -0.3 is 10.6 Å². The van der Waals surface area contributed by atoms with Crippen LogP contribution < -0.4 is 5.73 Å². The molecule has 3 rings (SSSR count). The van der Waals surface area contributed by atoms with E-state index in [1.807, 2.05) is 24.8 Å². The van der Waals surface area contributed by atoms with Crippen LogP contribution in [0.2, 0.25) is 0 Å². The number of piperidine rings is 1. The maximum atomic E-state index is 12.0. The average molecular weight is 325 g/mol. The fraction of sp³-hybridized carbons (Fsp3) is 0.444. The molecule has 1 unspecified atom stereocenters. The molecule has 0 aromatic carbocycles. The summed E-state index contributed by atoms with van der Waals surface area (Å²) in [4.78, 5) is 26.8. The Balaban J connectivity index is 1.88. The van der Waals surface area contributed by atoms with Gasteiger partial charge in [-0.25, -0.2) is 9.97 Å². The molecular weight excluding hydrogens is 302 g/mol. The monoisotopic (exact) mass is 325 g/mol. The molecule has 1 atom stereocenters. The Kier molecular flexibility index (Phi) is 4.74. The molecule has 1 saturated heterocycles. The number of aryl methyl sites for hydroxylation is 1. The molecule has 0 bridgehead atoms. The summed E-state index contributed by atoms with van der Waals surface area (Å²) in [5.74, 6) is 0.771. The number of anilines is 1. The van der Waals surface area contributed by atoms with E-state index in [0.717, 1.165) is 48.4 Å². The maximum absolute atomic E-state index is 12.0. The van der Waals surface area contributed by atoms with Gasteiger partial charge in [0.1, 0.15) is 0 Å². The quantitative estimate of drug-likeness (QED) is 0.937. The first kappa shape index (κ1) is 16.4. The van der Waals surface area contributed by atoms with Crippen molar-refractivity contribution in [2.24, 2.45) is 0 Å². The topological polar surface area (TPSA) is 85.0 Å². The van der Waals surface area contributed by atoms with Crippen LogP contribution in [0.1, 0.15) is 43.5 Å². The van der Waals surface area contributed by atoms with Crippen LogP contribution in [-0.4, -0.2) is 38.8 Å². The number of pyridine rings is 1. The first-order valence-electron chi connectivity index (χ1n) is 8.41. The number of nitrogen functional groups attached to an aromatic ring is 1. The van der Waals surface area contributed by atoms with E-state index in [1.54, 1.807) is 12.4 Å². The number of aromatic nitrogens is 3. The summed E-state index contributed by atoms with van der Waals surface area (Å²) in [5.41, 5.74) is 9.52. The van der Waals surface area contributed by atoms with Gasteiger partial charge in [-0.05, 0) is 37.5 Å². The number of carbonyl (C=O) groups excluding carboxylic acids is 1. The molecule has 24 heavy (non-hydrogen) atoms. The van der Waals surface area contributed by atoms with Crippen LogP contribution in [0, 0.1) is 6.92 Å². The molecule has 2 aromatic rings. The van der Waals surface area contributed by atoms with Crippen molar-refractivity contribution in [1.29, 1.82) is 0 Å². The Labute approximate surface area is 142 Å². The highest BCUT2D eigenvalue weighted by atomic mass is 16.2. The molecule has 6 heteroatoms. The highest BCUT2D eigenvalue weighted by Gasteiger charge is 2.25. The van der Waals surface area contributed by atoms with Crippen LogP contribution in [0.25, 0.3) is 11.1 Å². The minimum absolute atomic E-state index is 0.222. The smallest absolute Gasteiger partial charge is 0.222 e. The second-order valence-electron chi connectivity index (χ2n) is 6.28. The lowest BCUT2D eigenvalue weighted by Gasteiger charge is -2.32. The van der Waals surface area contributed by atoms with Crippen molar-refractivity contribution in [3.63, 3.8) is 0 Å². The van der Waals surface area contributed by atoms with Gasteiger partial charge in [0.2, 0.25) is 11.9 Å². The fourth-order valence-corrected chi connectivity index (χ4v) is 3.23. The zero-order valence-corrected chi connectivity index (χ0v) is 14.2. The third-order valence-corrected chi connectivity index (χ3v) is 4.47. The Hall–Kier alpha value is -2.50. The molecule has 2 aromatic heterocycles. The van der Waals surface area contributed by atoms with Crippen molar-refractivity contribution in [2.45, 2.75) is 39.0 Å². The fourth-order valence-electron chi connectivity index (χ4n) is 3.23. The predicted octanol–water partition coefficient (Wildman–Crippen LogP) is 2.55. The van der Waals surface area contributed by atoms with E-state index in [-0.39, 0.29) is 17.8 Å². The summed E-state index contributed by atoms with van der Waals surface area (Å²) in [6.45, 7) is 5.51. The van der Waals surface area contributed by atoms with Crippen molar-refractivity contribution < 1.29 is 4.79 Å². The van der Waals surface area contributed by atoms with E-state index in [9.17, 15) is 4.79 Å². The number of rotatable bonds is 3. The molecule has 2 N–H and O–H groups in total. The minimum Gasteiger partial charge on any atom is -0.368 e. The minimum atomic E-state index is 0.222. The van der Waals surface area contributed by atoms with Crippen LogP contribution in [0.5, 0.6) is 0 Å². The second kappa shape index (κ2) is 6.95. The van der Waals surface area contributed by atoms with Gasteiger partial charge in [0.25, 0.3) is 0 Å². The zero-order valence-electron chi connectivity index (χ0n) is 14.2. The average Bonchev–Trinajstić information content (AvgIpc) is 2.61. The first-order valence-corrected chi connectivity index (χ1v) is 8.41. The van der Waals surface area contributed by atoms with Crippen LogP contribution in [0.4, 0.5) is 5.95 Å². The first-order chi connectivity index (χ1) is 11.6. The lowest BCUT2D eigenvalue weighted by Crippen LogP contribution is -2.38. The summed E-state index contributed by atoms with van der Waals surface area (Å²) in [6.07, 6.45) is 6.10. The van der Waals surface area contributed by atoms with Crippen LogP contribution >= 0.6 is 0 Å². The van der Waals surface area contributed by atoms with E-state index in [4.69, 9.17) is 10.7 Å². The number of nitrogens with zero attached hydrogens (tertiary/aromatic N) is 4. The maximum Gasteiger partial charge on any atom is 0.222 e. The number of hydrogen-bond acceptors (Lipinski definition) is 5. The van der Waals surface area contributed by atoms with Crippen LogP contribution in [0.3, 0.4) is 0 Å². The molecule has 0 aliphatic carbocycles. The van der Waals surface area contributed by atoms with E-state index in [2.05, 4.69) is 16.0 Å². The summed E-state index contributed by atoms with van der Waals surface area (Å²) in [7, 11) is 0. The number of likely N-dealkylation sites (tertiary alicyclic amines) is 1. The van der Waals surface area contributed by atoms with E-state index in [1.165, 1.54) is 0 Å².